The Balaban J connectivity index is 2.05. The van der Waals surface area contributed by atoms with E-state index in [-0.39, 0.29) is 29.4 Å². The van der Waals surface area contributed by atoms with Crippen LogP contribution >= 0.6 is 0 Å². The summed E-state index contributed by atoms with van der Waals surface area (Å²) in [6.45, 7) is 6.05. The van der Waals surface area contributed by atoms with Gasteiger partial charge in [-0.25, -0.2) is 0 Å². The molecule has 4 heteroatoms. The highest BCUT2D eigenvalue weighted by Gasteiger charge is 2.43. The van der Waals surface area contributed by atoms with Crippen LogP contribution in [0, 0.1) is 0 Å². The van der Waals surface area contributed by atoms with Crippen LogP contribution in [0.25, 0.3) is 0 Å². The molecule has 0 radical (unpaired) electrons. The minimum atomic E-state index is -0.317. The second kappa shape index (κ2) is 4.41. The summed E-state index contributed by atoms with van der Waals surface area (Å²) in [6.07, 6.45) is 4.57. The Bertz CT molecular complexity index is 327. The molecule has 2 fully saturated rings. The average molecular weight is 238 g/mol. The summed E-state index contributed by atoms with van der Waals surface area (Å²) in [5.41, 5.74) is -0.133. The van der Waals surface area contributed by atoms with Gasteiger partial charge in [-0.05, 0) is 33.6 Å². The van der Waals surface area contributed by atoms with Gasteiger partial charge in [0.2, 0.25) is 11.8 Å². The molecule has 1 atom stereocenters. The molecule has 0 aromatic heterocycles. The summed E-state index contributed by atoms with van der Waals surface area (Å²) in [7, 11) is 0. The molecule has 17 heavy (non-hydrogen) atoms. The minimum absolute atomic E-state index is 0.00338. The van der Waals surface area contributed by atoms with Crippen molar-refractivity contribution in [2.24, 2.45) is 0 Å². The van der Waals surface area contributed by atoms with Crippen molar-refractivity contribution in [2.75, 3.05) is 0 Å². The maximum Gasteiger partial charge on any atom is 0.247 e. The maximum absolute atomic E-state index is 12.2. The number of amides is 2. The fourth-order valence-corrected chi connectivity index (χ4v) is 2.83. The summed E-state index contributed by atoms with van der Waals surface area (Å²) < 4.78 is 0. The summed E-state index contributed by atoms with van der Waals surface area (Å²) >= 11 is 0. The Morgan fingerprint density at radius 2 is 1.76 bits per heavy atom. The molecule has 1 N–H and O–H groups in total. The third-order valence-corrected chi connectivity index (χ3v) is 3.48. The average Bonchev–Trinajstić information content (AvgIpc) is 2.74. The molecular weight excluding hydrogens is 216 g/mol. The number of likely N-dealkylation sites (tertiary alicyclic amines) is 1. The van der Waals surface area contributed by atoms with Gasteiger partial charge in [-0.3, -0.25) is 14.5 Å². The van der Waals surface area contributed by atoms with Crippen LogP contribution in [0.1, 0.15) is 52.9 Å². The van der Waals surface area contributed by atoms with E-state index in [4.69, 9.17) is 0 Å². The fourth-order valence-electron chi connectivity index (χ4n) is 2.83. The zero-order valence-corrected chi connectivity index (χ0v) is 11.0. The molecule has 1 saturated carbocycles. The minimum Gasteiger partial charge on any atom is -0.301 e. The Labute approximate surface area is 103 Å². The molecule has 1 heterocycles. The lowest BCUT2D eigenvalue weighted by Crippen LogP contribution is -2.49. The maximum atomic E-state index is 12.2. The number of hydrogen-bond donors (Lipinski definition) is 1. The lowest BCUT2D eigenvalue weighted by molar-refractivity contribution is -0.141. The van der Waals surface area contributed by atoms with Gasteiger partial charge in [0.15, 0.2) is 0 Å². The number of nitrogens with one attached hydrogen (secondary N) is 1. The van der Waals surface area contributed by atoms with E-state index < -0.39 is 0 Å². The zero-order chi connectivity index (χ0) is 12.6. The van der Waals surface area contributed by atoms with Crippen molar-refractivity contribution < 1.29 is 9.59 Å². The van der Waals surface area contributed by atoms with E-state index in [1.807, 2.05) is 20.8 Å². The van der Waals surface area contributed by atoms with Gasteiger partial charge >= 0.3 is 0 Å². The predicted molar refractivity (Wildman–Crippen MR) is 65.4 cm³/mol. The Hall–Kier alpha value is -0.900. The molecule has 2 aliphatic rings. The van der Waals surface area contributed by atoms with Crippen LogP contribution in [0.2, 0.25) is 0 Å². The summed E-state index contributed by atoms with van der Waals surface area (Å²) in [5.74, 6) is -0.0134. The van der Waals surface area contributed by atoms with E-state index in [2.05, 4.69) is 5.32 Å². The molecule has 4 nitrogen and oxygen atoms in total. The van der Waals surface area contributed by atoms with Crippen LogP contribution in [0.4, 0.5) is 0 Å². The fraction of sp³-hybridized carbons (Fsp3) is 0.846. The first-order chi connectivity index (χ1) is 7.88. The normalized spacial score (nSPS) is 27.2. The second-order valence-corrected chi connectivity index (χ2v) is 6.19. The molecule has 0 aromatic carbocycles. The molecular formula is C13H22N2O2. The smallest absolute Gasteiger partial charge is 0.247 e. The van der Waals surface area contributed by atoms with Gasteiger partial charge < -0.3 is 5.32 Å². The quantitative estimate of drug-likeness (QED) is 0.741. The molecule has 2 rings (SSSR count). The topological polar surface area (TPSA) is 49.4 Å². The molecule has 1 unspecified atom stereocenters. The van der Waals surface area contributed by atoms with E-state index >= 15 is 0 Å². The number of carbonyl (C=O) groups is 2. The first-order valence-corrected chi connectivity index (χ1v) is 6.52. The van der Waals surface area contributed by atoms with E-state index in [0.717, 1.165) is 25.7 Å². The van der Waals surface area contributed by atoms with Crippen molar-refractivity contribution in [3.05, 3.63) is 0 Å². The molecule has 0 bridgehead atoms. The van der Waals surface area contributed by atoms with Gasteiger partial charge in [0.25, 0.3) is 0 Å². The highest BCUT2D eigenvalue weighted by Crippen LogP contribution is 2.28. The SMILES string of the molecule is CC(C)(C)NC1CC(=O)N(C2CCCC2)C1=O. The number of imide groups is 1. The second-order valence-electron chi connectivity index (χ2n) is 6.19. The molecule has 0 aromatic rings. The van der Waals surface area contributed by atoms with Crippen LogP contribution in [-0.2, 0) is 9.59 Å². The van der Waals surface area contributed by atoms with Crippen molar-refractivity contribution in [3.8, 4) is 0 Å². The van der Waals surface area contributed by atoms with E-state index in [1.54, 1.807) is 0 Å². The molecule has 0 spiro atoms. The monoisotopic (exact) mass is 238 g/mol. The molecule has 1 aliphatic heterocycles. The van der Waals surface area contributed by atoms with E-state index in [9.17, 15) is 9.59 Å². The number of hydrogen-bond acceptors (Lipinski definition) is 3. The van der Waals surface area contributed by atoms with Crippen LogP contribution in [0.5, 0.6) is 0 Å². The summed E-state index contributed by atoms with van der Waals surface area (Å²) in [5, 5.41) is 3.24. The zero-order valence-electron chi connectivity index (χ0n) is 11.0. The van der Waals surface area contributed by atoms with Crippen molar-refractivity contribution in [1.82, 2.24) is 10.2 Å². The van der Waals surface area contributed by atoms with Crippen LogP contribution < -0.4 is 5.32 Å². The first-order valence-electron chi connectivity index (χ1n) is 6.52. The third kappa shape index (κ3) is 2.68. The van der Waals surface area contributed by atoms with Crippen molar-refractivity contribution in [2.45, 2.75) is 70.5 Å². The van der Waals surface area contributed by atoms with Crippen LogP contribution in [0.3, 0.4) is 0 Å². The largest absolute Gasteiger partial charge is 0.301 e. The number of carbonyl (C=O) groups excluding carboxylic acids is 2. The van der Waals surface area contributed by atoms with Gasteiger partial charge in [0.05, 0.1) is 12.5 Å². The Morgan fingerprint density at radius 1 is 1.18 bits per heavy atom. The highest BCUT2D eigenvalue weighted by molar-refractivity contribution is 6.05. The lowest BCUT2D eigenvalue weighted by Gasteiger charge is -2.26. The summed E-state index contributed by atoms with van der Waals surface area (Å²) in [4.78, 5) is 25.7. The van der Waals surface area contributed by atoms with Crippen molar-refractivity contribution >= 4 is 11.8 Å². The number of nitrogens with zero attached hydrogens (tertiary/aromatic N) is 1. The molecule has 1 saturated heterocycles. The van der Waals surface area contributed by atoms with Crippen molar-refractivity contribution in [1.29, 1.82) is 0 Å². The van der Waals surface area contributed by atoms with Gasteiger partial charge in [-0.15, -0.1) is 0 Å². The van der Waals surface area contributed by atoms with Gasteiger partial charge in [-0.2, -0.15) is 0 Å². The predicted octanol–water partition coefficient (Wildman–Crippen LogP) is 1.44. The molecule has 2 amide bonds. The van der Waals surface area contributed by atoms with E-state index in [0.29, 0.717) is 6.42 Å². The van der Waals surface area contributed by atoms with Crippen molar-refractivity contribution in [3.63, 3.8) is 0 Å². The first kappa shape index (κ1) is 12.6. The summed E-state index contributed by atoms with van der Waals surface area (Å²) in [6, 6.07) is -0.148. The highest BCUT2D eigenvalue weighted by atomic mass is 16.2. The van der Waals surface area contributed by atoms with Crippen LogP contribution in [-0.4, -0.2) is 34.3 Å². The molecule has 1 aliphatic carbocycles. The molecule has 96 valence electrons. The standard InChI is InChI=1S/C13H22N2O2/c1-13(2,3)14-10-8-11(16)15(12(10)17)9-6-4-5-7-9/h9-10,14H,4-8H2,1-3H3. The van der Waals surface area contributed by atoms with E-state index in [1.165, 1.54) is 4.90 Å². The van der Waals surface area contributed by atoms with Crippen LogP contribution in [0.15, 0.2) is 0 Å². The lowest BCUT2D eigenvalue weighted by atomic mass is 10.1. The van der Waals surface area contributed by atoms with Gasteiger partial charge in [0.1, 0.15) is 0 Å². The number of rotatable bonds is 2. The van der Waals surface area contributed by atoms with Gasteiger partial charge in [0, 0.05) is 11.6 Å². The Morgan fingerprint density at radius 3 is 2.29 bits per heavy atom. The Kier molecular flexibility index (Phi) is 3.25. The van der Waals surface area contributed by atoms with Gasteiger partial charge in [-0.1, -0.05) is 12.8 Å². The third-order valence-electron chi connectivity index (χ3n) is 3.48.